The predicted molar refractivity (Wildman–Crippen MR) is 52.6 cm³/mol. The normalized spacial score (nSPS) is 9.42. The summed E-state index contributed by atoms with van der Waals surface area (Å²) < 4.78 is 0. The van der Waals surface area contributed by atoms with Crippen LogP contribution < -0.4 is 11.1 Å². The van der Waals surface area contributed by atoms with E-state index < -0.39 is 0 Å². The maximum atomic E-state index is 5.27. The number of hydrogen-bond donors (Lipinski definition) is 2. The van der Waals surface area contributed by atoms with Crippen molar-refractivity contribution in [2.45, 2.75) is 13.5 Å². The second-order valence-corrected chi connectivity index (χ2v) is 2.93. The molecule has 0 aliphatic rings. The molecular weight excluding hydrogens is 170 g/mol. The molecule has 0 saturated carbocycles. The molecule has 0 aliphatic carbocycles. The average molecular weight is 181 g/mol. The first-order valence-electron chi connectivity index (χ1n) is 3.64. The highest BCUT2D eigenvalue weighted by Crippen LogP contribution is 1.96. The van der Waals surface area contributed by atoms with Gasteiger partial charge < -0.3 is 11.1 Å². The maximum Gasteiger partial charge on any atom is 0.163 e. The van der Waals surface area contributed by atoms with Gasteiger partial charge in [-0.2, -0.15) is 0 Å². The fraction of sp³-hybridized carbons (Fsp3) is 0.250. The fourth-order valence-electron chi connectivity index (χ4n) is 0.876. The van der Waals surface area contributed by atoms with Crippen molar-refractivity contribution in [3.63, 3.8) is 0 Å². The number of pyridine rings is 1. The highest BCUT2D eigenvalue weighted by molar-refractivity contribution is 7.80. The highest BCUT2D eigenvalue weighted by Gasteiger charge is 1.93. The zero-order valence-corrected chi connectivity index (χ0v) is 7.69. The Balaban J connectivity index is 2.57. The summed E-state index contributed by atoms with van der Waals surface area (Å²) >= 11 is 4.67. The van der Waals surface area contributed by atoms with E-state index in [0.29, 0.717) is 11.7 Å². The van der Waals surface area contributed by atoms with E-state index in [1.807, 2.05) is 25.1 Å². The lowest BCUT2D eigenvalue weighted by Gasteiger charge is -2.02. The molecule has 0 saturated heterocycles. The minimum atomic E-state index is 0.304. The Labute approximate surface area is 77.0 Å². The minimum absolute atomic E-state index is 0.304. The molecule has 0 fully saturated rings. The molecule has 0 atom stereocenters. The lowest BCUT2D eigenvalue weighted by Crippen LogP contribution is -2.28. The number of hydrogen-bond acceptors (Lipinski definition) is 2. The second kappa shape index (κ2) is 4.01. The number of rotatable bonds is 2. The van der Waals surface area contributed by atoms with Crippen LogP contribution in [0.1, 0.15) is 11.4 Å². The summed E-state index contributed by atoms with van der Waals surface area (Å²) in [6, 6.07) is 5.83. The first kappa shape index (κ1) is 8.93. The van der Waals surface area contributed by atoms with Crippen LogP contribution in [0, 0.1) is 6.92 Å². The molecule has 12 heavy (non-hydrogen) atoms. The zero-order valence-electron chi connectivity index (χ0n) is 6.87. The molecule has 1 aromatic heterocycles. The summed E-state index contributed by atoms with van der Waals surface area (Å²) in [6.07, 6.45) is 0. The van der Waals surface area contributed by atoms with Crippen molar-refractivity contribution < 1.29 is 0 Å². The molecule has 0 spiro atoms. The Hall–Kier alpha value is -1.16. The van der Waals surface area contributed by atoms with Crippen LogP contribution in [0.25, 0.3) is 0 Å². The maximum absolute atomic E-state index is 5.27. The van der Waals surface area contributed by atoms with Gasteiger partial charge in [-0.05, 0) is 31.3 Å². The van der Waals surface area contributed by atoms with Gasteiger partial charge >= 0.3 is 0 Å². The average Bonchev–Trinajstić information content (AvgIpc) is 2.01. The van der Waals surface area contributed by atoms with Gasteiger partial charge in [-0.25, -0.2) is 0 Å². The van der Waals surface area contributed by atoms with Crippen molar-refractivity contribution in [1.29, 1.82) is 0 Å². The Morgan fingerprint density at radius 1 is 1.67 bits per heavy atom. The number of nitrogens with zero attached hydrogens (tertiary/aromatic N) is 1. The van der Waals surface area contributed by atoms with Crippen LogP contribution in [-0.4, -0.2) is 10.1 Å². The molecule has 64 valence electrons. The quantitative estimate of drug-likeness (QED) is 0.660. The van der Waals surface area contributed by atoms with Gasteiger partial charge in [0.1, 0.15) is 0 Å². The van der Waals surface area contributed by atoms with Gasteiger partial charge in [0.2, 0.25) is 0 Å². The van der Waals surface area contributed by atoms with E-state index in [-0.39, 0.29) is 0 Å². The van der Waals surface area contributed by atoms with Crippen LogP contribution >= 0.6 is 12.2 Å². The van der Waals surface area contributed by atoms with Gasteiger partial charge in [0.05, 0.1) is 12.2 Å². The number of thiocarbonyl (C=S) groups is 1. The lowest BCUT2D eigenvalue weighted by atomic mass is 10.3. The molecule has 4 heteroatoms. The van der Waals surface area contributed by atoms with Crippen molar-refractivity contribution in [2.75, 3.05) is 0 Å². The Bertz CT molecular complexity index is 285. The first-order chi connectivity index (χ1) is 5.68. The topological polar surface area (TPSA) is 50.9 Å². The predicted octanol–water partition coefficient (Wildman–Crippen LogP) is 0.723. The third-order valence-electron chi connectivity index (χ3n) is 1.39. The summed E-state index contributed by atoms with van der Waals surface area (Å²) in [5.74, 6) is 0. The highest BCUT2D eigenvalue weighted by atomic mass is 32.1. The van der Waals surface area contributed by atoms with E-state index in [1.54, 1.807) is 0 Å². The fourth-order valence-corrected chi connectivity index (χ4v) is 0.948. The number of nitrogens with one attached hydrogen (secondary N) is 1. The van der Waals surface area contributed by atoms with Crippen LogP contribution in [0.3, 0.4) is 0 Å². The molecule has 3 nitrogen and oxygen atoms in total. The van der Waals surface area contributed by atoms with E-state index in [1.165, 1.54) is 0 Å². The summed E-state index contributed by atoms with van der Waals surface area (Å²) in [7, 11) is 0. The molecule has 0 radical (unpaired) electrons. The molecule has 0 unspecified atom stereocenters. The molecule has 1 heterocycles. The van der Waals surface area contributed by atoms with Crippen molar-refractivity contribution in [3.05, 3.63) is 29.6 Å². The van der Waals surface area contributed by atoms with Crippen LogP contribution in [-0.2, 0) is 6.54 Å². The SMILES string of the molecule is Cc1cccc(CNC(N)=S)n1. The second-order valence-electron chi connectivity index (χ2n) is 2.49. The third kappa shape index (κ3) is 2.84. The van der Waals surface area contributed by atoms with E-state index >= 15 is 0 Å². The van der Waals surface area contributed by atoms with Crippen LogP contribution in [0.15, 0.2) is 18.2 Å². The minimum Gasteiger partial charge on any atom is -0.376 e. The van der Waals surface area contributed by atoms with Crippen LogP contribution in [0.5, 0.6) is 0 Å². The largest absolute Gasteiger partial charge is 0.376 e. The summed E-state index contributed by atoms with van der Waals surface area (Å²) in [5.41, 5.74) is 7.22. The van der Waals surface area contributed by atoms with Crippen molar-refractivity contribution >= 4 is 17.3 Å². The lowest BCUT2D eigenvalue weighted by molar-refractivity contribution is 0.869. The van der Waals surface area contributed by atoms with Gasteiger partial charge in [0.25, 0.3) is 0 Å². The van der Waals surface area contributed by atoms with Gasteiger partial charge in [0, 0.05) is 5.69 Å². The van der Waals surface area contributed by atoms with Gasteiger partial charge in [-0.1, -0.05) is 6.07 Å². The molecular formula is C8H11N3S. The van der Waals surface area contributed by atoms with Crippen LogP contribution in [0.2, 0.25) is 0 Å². The molecule has 1 rings (SSSR count). The van der Waals surface area contributed by atoms with Crippen LogP contribution in [0.4, 0.5) is 0 Å². The Morgan fingerprint density at radius 3 is 3.00 bits per heavy atom. The van der Waals surface area contributed by atoms with Crippen molar-refractivity contribution in [3.8, 4) is 0 Å². The Kier molecular flexibility index (Phi) is 2.99. The van der Waals surface area contributed by atoms with Gasteiger partial charge in [-0.15, -0.1) is 0 Å². The summed E-state index contributed by atoms with van der Waals surface area (Å²) in [4.78, 5) is 4.27. The zero-order chi connectivity index (χ0) is 8.97. The number of aryl methyl sites for hydroxylation is 1. The molecule has 3 N–H and O–H groups in total. The standard InChI is InChI=1S/C8H11N3S/c1-6-3-2-4-7(11-6)5-10-8(9)12/h2-4H,5H2,1H3,(H3,9,10,12). The molecule has 0 aromatic carbocycles. The summed E-state index contributed by atoms with van der Waals surface area (Å²) in [5, 5.41) is 3.14. The smallest absolute Gasteiger partial charge is 0.163 e. The Morgan fingerprint density at radius 2 is 2.42 bits per heavy atom. The van der Waals surface area contributed by atoms with E-state index in [0.717, 1.165) is 11.4 Å². The van der Waals surface area contributed by atoms with Crippen molar-refractivity contribution in [1.82, 2.24) is 10.3 Å². The molecule has 1 aromatic rings. The molecule has 0 amide bonds. The molecule has 0 bridgehead atoms. The van der Waals surface area contributed by atoms with Crippen molar-refractivity contribution in [2.24, 2.45) is 5.73 Å². The van der Waals surface area contributed by atoms with Gasteiger partial charge in [-0.3, -0.25) is 4.98 Å². The van der Waals surface area contributed by atoms with E-state index in [9.17, 15) is 0 Å². The number of aromatic nitrogens is 1. The monoisotopic (exact) mass is 181 g/mol. The van der Waals surface area contributed by atoms with Gasteiger partial charge in [0.15, 0.2) is 5.11 Å². The third-order valence-corrected chi connectivity index (χ3v) is 1.53. The van der Waals surface area contributed by atoms with E-state index in [4.69, 9.17) is 5.73 Å². The first-order valence-corrected chi connectivity index (χ1v) is 4.05. The summed E-state index contributed by atoms with van der Waals surface area (Å²) in [6.45, 7) is 2.54. The van der Waals surface area contributed by atoms with E-state index in [2.05, 4.69) is 22.5 Å². The number of nitrogens with two attached hydrogens (primary N) is 1. The molecule has 0 aliphatic heterocycles.